The van der Waals surface area contributed by atoms with E-state index in [0.717, 1.165) is 22.3 Å². The predicted octanol–water partition coefficient (Wildman–Crippen LogP) is 4.02. The lowest BCUT2D eigenvalue weighted by Crippen LogP contribution is -2.47. The molecule has 0 unspecified atom stereocenters. The Bertz CT molecular complexity index is 1420. The number of nitriles is 1. The second-order valence-electron chi connectivity index (χ2n) is 8.31. The third-order valence-corrected chi connectivity index (χ3v) is 5.33. The largest absolute Gasteiger partial charge is 0.490 e. The molecule has 0 bridgehead atoms. The number of aliphatic carboxylic acids is 1. The molecule has 3 rings (SSSR count). The van der Waals surface area contributed by atoms with Gasteiger partial charge in [0.2, 0.25) is 0 Å². The number of hydrogen-bond acceptors (Lipinski definition) is 7. The van der Waals surface area contributed by atoms with Gasteiger partial charge < -0.3 is 21.6 Å². The standard InChI is InChI=1S/C26H26N6O2.C2HF3O2/c1-2-29-26(34)32-25(33)24(15-18-6-5-7-19(14-18)17-30-28)31-22-12-10-20(11-13-22)23-9-4-3-8-21(23)16-27;3-2(4,5)1(6)7/h3-14,17,24,31H,2,15,28H2,1H3,(H2,29,32,33,34);(H,6,7)/t24-;/m0./s1. The summed E-state index contributed by atoms with van der Waals surface area (Å²) in [5.74, 6) is 2.04. The van der Waals surface area contributed by atoms with E-state index in [1.807, 2.05) is 66.7 Å². The van der Waals surface area contributed by atoms with E-state index in [1.165, 1.54) is 6.21 Å². The number of anilines is 1. The molecule has 0 radical (unpaired) electrons. The highest BCUT2D eigenvalue weighted by atomic mass is 19.4. The summed E-state index contributed by atoms with van der Waals surface area (Å²) in [5.41, 5.74) is 4.70. The highest BCUT2D eigenvalue weighted by molar-refractivity contribution is 5.98. The molecule has 0 aromatic heterocycles. The molecule has 0 aliphatic heterocycles. The third-order valence-electron chi connectivity index (χ3n) is 5.33. The van der Waals surface area contributed by atoms with E-state index in [0.29, 0.717) is 24.2 Å². The molecule has 3 aromatic rings. The molecule has 3 amide bonds. The van der Waals surface area contributed by atoms with Gasteiger partial charge in [-0.2, -0.15) is 23.5 Å². The smallest absolute Gasteiger partial charge is 0.475 e. The summed E-state index contributed by atoms with van der Waals surface area (Å²) in [6.07, 6.45) is -3.23. The number of nitrogens with one attached hydrogen (secondary N) is 3. The fraction of sp³-hybridized carbons (Fsp3) is 0.179. The van der Waals surface area contributed by atoms with Crippen LogP contribution in [-0.2, 0) is 16.0 Å². The van der Waals surface area contributed by atoms with Crippen molar-refractivity contribution < 1.29 is 32.7 Å². The van der Waals surface area contributed by atoms with Gasteiger partial charge in [-0.1, -0.05) is 54.6 Å². The normalized spacial score (nSPS) is 11.4. The molecule has 0 heterocycles. The van der Waals surface area contributed by atoms with Crippen LogP contribution in [0.3, 0.4) is 0 Å². The van der Waals surface area contributed by atoms with Gasteiger partial charge in [0, 0.05) is 18.7 Å². The van der Waals surface area contributed by atoms with Gasteiger partial charge in [0.25, 0.3) is 5.91 Å². The van der Waals surface area contributed by atoms with Crippen molar-refractivity contribution in [3.8, 4) is 17.2 Å². The van der Waals surface area contributed by atoms with Gasteiger partial charge in [0.1, 0.15) is 6.04 Å². The molecule has 0 saturated carbocycles. The van der Waals surface area contributed by atoms with Crippen molar-refractivity contribution >= 4 is 29.8 Å². The molecule has 0 aliphatic rings. The summed E-state index contributed by atoms with van der Waals surface area (Å²) in [7, 11) is 0. The average Bonchev–Trinajstić information content (AvgIpc) is 2.93. The number of benzene rings is 3. The van der Waals surface area contributed by atoms with E-state index in [1.54, 1.807) is 13.0 Å². The van der Waals surface area contributed by atoms with Gasteiger partial charge in [0.05, 0.1) is 17.8 Å². The van der Waals surface area contributed by atoms with E-state index in [4.69, 9.17) is 15.7 Å². The number of carbonyl (C=O) groups is 3. The first-order chi connectivity index (χ1) is 19.5. The quantitative estimate of drug-likeness (QED) is 0.155. The van der Waals surface area contributed by atoms with Crippen LogP contribution in [0.5, 0.6) is 0 Å². The second kappa shape index (κ2) is 15.3. The number of nitrogens with two attached hydrogens (primary N) is 1. The Balaban J connectivity index is 0.000000745. The third kappa shape index (κ3) is 10.4. The topological polar surface area (TPSA) is 170 Å². The van der Waals surface area contributed by atoms with Crippen molar-refractivity contribution in [2.24, 2.45) is 10.9 Å². The molecule has 0 spiro atoms. The fourth-order valence-corrected chi connectivity index (χ4v) is 3.51. The number of amides is 3. The van der Waals surface area contributed by atoms with Gasteiger partial charge in [-0.3, -0.25) is 10.1 Å². The molecular formula is C28H27F3N6O4. The minimum Gasteiger partial charge on any atom is -0.475 e. The number of alkyl halides is 3. The molecule has 10 nitrogen and oxygen atoms in total. The van der Waals surface area contributed by atoms with E-state index in [9.17, 15) is 28.0 Å². The summed E-state index contributed by atoms with van der Waals surface area (Å²) >= 11 is 0. The summed E-state index contributed by atoms with van der Waals surface area (Å²) in [6.45, 7) is 2.18. The molecule has 3 aromatic carbocycles. The minimum atomic E-state index is -5.08. The van der Waals surface area contributed by atoms with E-state index in [-0.39, 0.29) is 0 Å². The zero-order valence-corrected chi connectivity index (χ0v) is 21.8. The number of nitrogens with zero attached hydrogens (tertiary/aromatic N) is 2. The lowest BCUT2D eigenvalue weighted by molar-refractivity contribution is -0.192. The zero-order valence-electron chi connectivity index (χ0n) is 21.8. The maximum Gasteiger partial charge on any atom is 0.490 e. The highest BCUT2D eigenvalue weighted by Gasteiger charge is 2.38. The SMILES string of the molecule is CCNC(=O)NC(=O)[C@H](Cc1cccc(C=NN)c1)Nc1ccc(-c2ccccc2C#N)cc1.O=C(O)C(F)(F)F. The van der Waals surface area contributed by atoms with Crippen molar-refractivity contribution in [2.45, 2.75) is 25.6 Å². The number of carboxylic acids is 1. The maximum absolute atomic E-state index is 12.9. The second-order valence-corrected chi connectivity index (χ2v) is 8.31. The molecule has 214 valence electrons. The van der Waals surface area contributed by atoms with Crippen LogP contribution in [0.4, 0.5) is 23.7 Å². The van der Waals surface area contributed by atoms with Crippen LogP contribution in [0.1, 0.15) is 23.6 Å². The lowest BCUT2D eigenvalue weighted by Gasteiger charge is -2.20. The summed E-state index contributed by atoms with van der Waals surface area (Å²) in [5, 5.41) is 28.2. The Hall–Kier alpha value is -5.38. The Morgan fingerprint density at radius 2 is 1.73 bits per heavy atom. The summed E-state index contributed by atoms with van der Waals surface area (Å²) in [4.78, 5) is 33.7. The van der Waals surface area contributed by atoms with Gasteiger partial charge in [-0.15, -0.1) is 0 Å². The van der Waals surface area contributed by atoms with E-state index in [2.05, 4.69) is 27.1 Å². The first kappa shape index (κ1) is 31.8. The van der Waals surface area contributed by atoms with Crippen LogP contribution < -0.4 is 21.8 Å². The number of carbonyl (C=O) groups excluding carboxylic acids is 2. The fourth-order valence-electron chi connectivity index (χ4n) is 3.51. The number of urea groups is 1. The number of rotatable bonds is 8. The number of carboxylic acid groups (broad SMARTS) is 1. The zero-order chi connectivity index (χ0) is 30.4. The summed E-state index contributed by atoms with van der Waals surface area (Å²) < 4.78 is 31.7. The molecule has 0 saturated heterocycles. The van der Waals surface area contributed by atoms with Crippen LogP contribution in [0, 0.1) is 11.3 Å². The molecule has 6 N–H and O–H groups in total. The molecule has 0 aliphatic carbocycles. The number of hydrogen-bond donors (Lipinski definition) is 5. The van der Waals surface area contributed by atoms with E-state index < -0.39 is 30.1 Å². The first-order valence-corrected chi connectivity index (χ1v) is 12.1. The van der Waals surface area contributed by atoms with Crippen LogP contribution in [0.25, 0.3) is 11.1 Å². The molecule has 13 heteroatoms. The Labute approximate surface area is 233 Å². The number of hydrazone groups is 1. The lowest BCUT2D eigenvalue weighted by atomic mass is 9.99. The Kier molecular flexibility index (Phi) is 11.9. The summed E-state index contributed by atoms with van der Waals surface area (Å²) in [6, 6.07) is 23.2. The van der Waals surface area contributed by atoms with Crippen LogP contribution in [0.2, 0.25) is 0 Å². The molecule has 1 atom stereocenters. The molecule has 0 fully saturated rings. The molecular weight excluding hydrogens is 541 g/mol. The van der Waals surface area contributed by atoms with Gasteiger partial charge in [-0.25, -0.2) is 9.59 Å². The Morgan fingerprint density at radius 1 is 1.07 bits per heavy atom. The van der Waals surface area contributed by atoms with Crippen molar-refractivity contribution in [3.05, 3.63) is 89.5 Å². The first-order valence-electron chi connectivity index (χ1n) is 12.1. The highest BCUT2D eigenvalue weighted by Crippen LogP contribution is 2.25. The van der Waals surface area contributed by atoms with Gasteiger partial charge in [0.15, 0.2) is 0 Å². The van der Waals surface area contributed by atoms with Crippen molar-refractivity contribution in [2.75, 3.05) is 11.9 Å². The monoisotopic (exact) mass is 568 g/mol. The molecule has 41 heavy (non-hydrogen) atoms. The van der Waals surface area contributed by atoms with Crippen LogP contribution in [0.15, 0.2) is 77.9 Å². The van der Waals surface area contributed by atoms with Gasteiger partial charge >= 0.3 is 18.2 Å². The van der Waals surface area contributed by atoms with Crippen LogP contribution in [-0.4, -0.2) is 48.0 Å². The average molecular weight is 569 g/mol. The maximum atomic E-state index is 12.9. The number of halogens is 3. The van der Waals surface area contributed by atoms with Gasteiger partial charge in [-0.05, 0) is 47.4 Å². The van der Waals surface area contributed by atoms with E-state index >= 15 is 0 Å². The Morgan fingerprint density at radius 3 is 2.32 bits per heavy atom. The van der Waals surface area contributed by atoms with Crippen molar-refractivity contribution in [1.29, 1.82) is 5.26 Å². The van der Waals surface area contributed by atoms with Crippen LogP contribution >= 0.6 is 0 Å². The predicted molar refractivity (Wildman–Crippen MR) is 147 cm³/mol. The number of imide groups is 1. The van der Waals surface area contributed by atoms with Crippen molar-refractivity contribution in [3.63, 3.8) is 0 Å². The van der Waals surface area contributed by atoms with Crippen molar-refractivity contribution in [1.82, 2.24) is 10.6 Å². The minimum absolute atomic E-state index is 0.330.